The van der Waals surface area contributed by atoms with E-state index in [1.165, 1.54) is 21.5 Å². The van der Waals surface area contributed by atoms with Crippen LogP contribution in [0.4, 0.5) is 0 Å². The molecule has 0 saturated heterocycles. The molecule has 0 radical (unpaired) electrons. The van der Waals surface area contributed by atoms with Gasteiger partial charge in [0.2, 0.25) is 0 Å². The molecule has 3 aromatic heterocycles. The van der Waals surface area contributed by atoms with Crippen LogP contribution < -0.4 is 0 Å². The van der Waals surface area contributed by atoms with E-state index in [1.807, 2.05) is 18.2 Å². The van der Waals surface area contributed by atoms with Gasteiger partial charge in [0.05, 0.1) is 33.4 Å². The molecule has 0 saturated carbocycles. The Labute approximate surface area is 234 Å². The van der Waals surface area contributed by atoms with Crippen molar-refractivity contribution in [3.63, 3.8) is 0 Å². The molecular formula is C36H21ClN2O. The quantitative estimate of drug-likeness (QED) is 0.217. The van der Waals surface area contributed by atoms with Crippen molar-refractivity contribution < 1.29 is 4.42 Å². The molecule has 0 aliphatic carbocycles. The van der Waals surface area contributed by atoms with Crippen LogP contribution in [0.25, 0.3) is 76.9 Å². The van der Waals surface area contributed by atoms with Gasteiger partial charge in [0, 0.05) is 43.4 Å². The highest BCUT2D eigenvalue weighted by Gasteiger charge is 2.21. The fourth-order valence-electron chi connectivity index (χ4n) is 6.50. The number of benzene rings is 6. The lowest BCUT2D eigenvalue weighted by Crippen LogP contribution is -2.03. The first-order valence-corrected chi connectivity index (χ1v) is 13.8. The predicted molar refractivity (Wildman–Crippen MR) is 167 cm³/mol. The molecule has 0 atom stereocenters. The number of aromatic nitrogens is 2. The highest BCUT2D eigenvalue weighted by Crippen LogP contribution is 2.41. The summed E-state index contributed by atoms with van der Waals surface area (Å²) in [6.45, 7) is 0. The van der Waals surface area contributed by atoms with Crippen LogP contribution in [0.2, 0.25) is 5.02 Å². The van der Waals surface area contributed by atoms with E-state index in [0.717, 1.165) is 55.4 Å². The summed E-state index contributed by atoms with van der Waals surface area (Å²) < 4.78 is 11.2. The first kappa shape index (κ1) is 21.9. The average Bonchev–Trinajstić information content (AvgIpc) is 3.64. The van der Waals surface area contributed by atoms with E-state index in [0.29, 0.717) is 5.02 Å². The molecule has 0 fully saturated rings. The van der Waals surface area contributed by atoms with Gasteiger partial charge < -0.3 is 13.6 Å². The van der Waals surface area contributed by atoms with Crippen LogP contribution in [-0.4, -0.2) is 9.13 Å². The van der Waals surface area contributed by atoms with Crippen LogP contribution >= 0.6 is 11.6 Å². The predicted octanol–water partition coefficient (Wildman–Crippen LogP) is 10.4. The minimum atomic E-state index is 0.695. The van der Waals surface area contributed by atoms with Crippen LogP contribution in [-0.2, 0) is 0 Å². The van der Waals surface area contributed by atoms with Crippen molar-refractivity contribution in [3.05, 3.63) is 132 Å². The second-order valence-electron chi connectivity index (χ2n) is 10.3. The number of furan rings is 1. The van der Waals surface area contributed by atoms with Gasteiger partial charge in [-0.25, -0.2) is 0 Å². The number of fused-ring (bicyclic) bond motifs is 9. The van der Waals surface area contributed by atoms with Gasteiger partial charge >= 0.3 is 0 Å². The van der Waals surface area contributed by atoms with E-state index in [2.05, 4.69) is 118 Å². The lowest BCUT2D eigenvalue weighted by molar-refractivity contribution is 0.668. The van der Waals surface area contributed by atoms with Gasteiger partial charge in [-0.15, -0.1) is 0 Å². The second-order valence-corrected chi connectivity index (χ2v) is 10.8. The van der Waals surface area contributed by atoms with E-state index in [4.69, 9.17) is 16.0 Å². The lowest BCUT2D eigenvalue weighted by Gasteiger charge is -2.17. The van der Waals surface area contributed by atoms with Crippen molar-refractivity contribution in [1.29, 1.82) is 0 Å². The van der Waals surface area contributed by atoms with E-state index in [-0.39, 0.29) is 0 Å². The summed E-state index contributed by atoms with van der Waals surface area (Å²) in [5.41, 5.74) is 8.44. The maximum absolute atomic E-state index is 6.46. The summed E-state index contributed by atoms with van der Waals surface area (Å²) in [5.74, 6) is 0. The van der Waals surface area contributed by atoms with E-state index in [9.17, 15) is 0 Å². The van der Waals surface area contributed by atoms with Crippen molar-refractivity contribution in [3.8, 4) is 11.4 Å². The Balaban J connectivity index is 1.53. The third-order valence-corrected chi connectivity index (χ3v) is 8.41. The zero-order chi connectivity index (χ0) is 26.4. The summed E-state index contributed by atoms with van der Waals surface area (Å²) in [7, 11) is 0. The van der Waals surface area contributed by atoms with Gasteiger partial charge in [-0.3, -0.25) is 0 Å². The highest BCUT2D eigenvalue weighted by molar-refractivity contribution is 6.31. The smallest absolute Gasteiger partial charge is 0.137 e. The lowest BCUT2D eigenvalue weighted by atomic mass is 10.1. The van der Waals surface area contributed by atoms with E-state index in [1.54, 1.807) is 0 Å². The molecule has 0 aliphatic rings. The molecule has 9 rings (SSSR count). The standard InChI is InChI=1S/C36H21ClN2O/c37-22-17-18-35-27(19-22)28-20-33(38-29-13-5-1-9-23(29)24-10-2-6-14-30(24)38)34(21-36(28)40-35)39-31-15-7-3-11-25(31)26-12-4-8-16-32(26)39/h1-21H. The molecule has 40 heavy (non-hydrogen) atoms. The van der Waals surface area contributed by atoms with Crippen LogP contribution in [0.3, 0.4) is 0 Å². The van der Waals surface area contributed by atoms with Gasteiger partial charge in [-0.2, -0.15) is 0 Å². The maximum atomic E-state index is 6.46. The number of hydrogen-bond acceptors (Lipinski definition) is 1. The van der Waals surface area contributed by atoms with Crippen molar-refractivity contribution >= 4 is 77.2 Å². The SMILES string of the molecule is Clc1ccc2oc3cc(-n4c5ccccc5c5ccccc54)c(-n4c5ccccc5c5ccccc54)cc3c2c1. The minimum absolute atomic E-state index is 0.695. The van der Waals surface area contributed by atoms with E-state index < -0.39 is 0 Å². The number of para-hydroxylation sites is 4. The maximum Gasteiger partial charge on any atom is 0.137 e. The Hall–Kier alpha value is -4.99. The van der Waals surface area contributed by atoms with Crippen LogP contribution in [0, 0.1) is 0 Å². The van der Waals surface area contributed by atoms with Crippen molar-refractivity contribution in [2.75, 3.05) is 0 Å². The van der Waals surface area contributed by atoms with Crippen molar-refractivity contribution in [2.24, 2.45) is 0 Å². The summed E-state index contributed by atoms with van der Waals surface area (Å²) in [6, 6.07) is 44.8. The first-order chi connectivity index (χ1) is 19.8. The first-order valence-electron chi connectivity index (χ1n) is 13.4. The molecule has 0 spiro atoms. The zero-order valence-electron chi connectivity index (χ0n) is 21.3. The summed E-state index contributed by atoms with van der Waals surface area (Å²) >= 11 is 6.46. The molecule has 4 heteroatoms. The van der Waals surface area contributed by atoms with Gasteiger partial charge in [-0.05, 0) is 48.5 Å². The van der Waals surface area contributed by atoms with Crippen LogP contribution in [0.1, 0.15) is 0 Å². The average molecular weight is 533 g/mol. The van der Waals surface area contributed by atoms with Gasteiger partial charge in [0.1, 0.15) is 11.2 Å². The van der Waals surface area contributed by atoms with E-state index >= 15 is 0 Å². The molecule has 188 valence electrons. The molecule has 3 nitrogen and oxygen atoms in total. The monoisotopic (exact) mass is 532 g/mol. The molecule has 0 unspecified atom stereocenters. The fourth-order valence-corrected chi connectivity index (χ4v) is 6.67. The van der Waals surface area contributed by atoms with Crippen LogP contribution in [0.5, 0.6) is 0 Å². The molecule has 0 amide bonds. The molecule has 0 bridgehead atoms. The fraction of sp³-hybridized carbons (Fsp3) is 0. The summed E-state index contributed by atoms with van der Waals surface area (Å²) in [5, 5.41) is 7.65. The Bertz CT molecular complexity index is 2350. The number of rotatable bonds is 2. The zero-order valence-corrected chi connectivity index (χ0v) is 22.1. The summed E-state index contributed by atoms with van der Waals surface area (Å²) in [6.07, 6.45) is 0. The van der Waals surface area contributed by atoms with Crippen LogP contribution in [0.15, 0.2) is 132 Å². The van der Waals surface area contributed by atoms with Crippen molar-refractivity contribution in [1.82, 2.24) is 9.13 Å². The molecule has 9 aromatic rings. The summed E-state index contributed by atoms with van der Waals surface area (Å²) in [4.78, 5) is 0. The molecule has 6 aromatic carbocycles. The Morgan fingerprint density at radius 2 is 0.825 bits per heavy atom. The van der Waals surface area contributed by atoms with Crippen molar-refractivity contribution in [2.45, 2.75) is 0 Å². The number of nitrogens with zero attached hydrogens (tertiary/aromatic N) is 2. The topological polar surface area (TPSA) is 23.0 Å². The third kappa shape index (κ3) is 2.90. The number of hydrogen-bond donors (Lipinski definition) is 0. The molecule has 3 heterocycles. The molecular weight excluding hydrogens is 512 g/mol. The second kappa shape index (κ2) is 8.01. The largest absolute Gasteiger partial charge is 0.456 e. The normalized spacial score (nSPS) is 12.1. The Morgan fingerprint density at radius 1 is 0.400 bits per heavy atom. The van der Waals surface area contributed by atoms with Gasteiger partial charge in [0.15, 0.2) is 0 Å². The van der Waals surface area contributed by atoms with Gasteiger partial charge in [0.25, 0.3) is 0 Å². The Morgan fingerprint density at radius 3 is 1.32 bits per heavy atom. The Kier molecular flexibility index (Phi) is 4.38. The highest BCUT2D eigenvalue weighted by atomic mass is 35.5. The molecule has 0 aliphatic heterocycles. The third-order valence-electron chi connectivity index (χ3n) is 8.17. The molecule has 0 N–H and O–H groups in total. The minimum Gasteiger partial charge on any atom is -0.456 e. The number of halogens is 1. The van der Waals surface area contributed by atoms with Gasteiger partial charge in [-0.1, -0.05) is 84.4 Å².